The number of carbonyl (C=O) groups excluding carboxylic acids is 2. The number of carbonyl (C=O) groups is 2. The second-order valence-electron chi connectivity index (χ2n) is 11.0. The predicted molar refractivity (Wildman–Crippen MR) is 147 cm³/mol. The van der Waals surface area contributed by atoms with Crippen LogP contribution in [0, 0.1) is 5.92 Å². The molecular weight excluding hydrogens is 484 g/mol. The monoisotopic (exact) mass is 524 g/mol. The second-order valence-corrected chi connectivity index (χ2v) is 15.0. The Labute approximate surface area is 221 Å². The first-order valence-corrected chi connectivity index (χ1v) is 16.4. The number of benzene rings is 2. The average Bonchev–Trinajstić information content (AvgIpc) is 3.48. The maximum atomic E-state index is 13.1. The van der Waals surface area contributed by atoms with Crippen LogP contribution in [0.3, 0.4) is 0 Å². The number of rotatable bonds is 10. The molecule has 0 aromatic heterocycles. The van der Waals surface area contributed by atoms with E-state index < -0.39 is 8.32 Å². The van der Waals surface area contributed by atoms with Gasteiger partial charge in [0.05, 0.1) is 31.3 Å². The molecule has 0 aliphatic carbocycles. The Morgan fingerprint density at radius 3 is 2.54 bits per heavy atom. The zero-order chi connectivity index (χ0) is 26.6. The van der Waals surface area contributed by atoms with Gasteiger partial charge in [0.15, 0.2) is 8.32 Å². The van der Waals surface area contributed by atoms with Gasteiger partial charge in [-0.3, -0.25) is 14.5 Å². The fourth-order valence-electron chi connectivity index (χ4n) is 6.28. The van der Waals surface area contributed by atoms with E-state index in [-0.39, 0.29) is 48.6 Å². The molecule has 2 aromatic rings. The Morgan fingerprint density at radius 2 is 1.86 bits per heavy atom. The lowest BCUT2D eigenvalue weighted by Gasteiger charge is -2.31. The third-order valence-electron chi connectivity index (χ3n) is 8.05. The van der Waals surface area contributed by atoms with Crippen LogP contribution in [0.1, 0.15) is 38.2 Å². The maximum Gasteiger partial charge on any atom is 0.225 e. The average molecular weight is 525 g/mol. The van der Waals surface area contributed by atoms with Crippen LogP contribution in [0.5, 0.6) is 0 Å². The number of hydrogen-bond acceptors (Lipinski definition) is 5. The quantitative estimate of drug-likeness (QED) is 0.358. The number of likely N-dealkylation sites (tertiary alicyclic amines) is 1. The zero-order valence-electron chi connectivity index (χ0n) is 22.1. The predicted octanol–water partition coefficient (Wildman–Crippen LogP) is 4.26. The number of aliphatic hydroxyl groups excluding tert-OH is 1. The Hall–Kier alpha value is -2.52. The van der Waals surface area contributed by atoms with Crippen molar-refractivity contribution in [3.05, 3.63) is 60.2 Å². The van der Waals surface area contributed by atoms with Crippen LogP contribution >= 0.6 is 0 Å². The van der Waals surface area contributed by atoms with Gasteiger partial charge < -0.3 is 19.5 Å². The third kappa shape index (κ3) is 6.31. The smallest absolute Gasteiger partial charge is 0.225 e. The van der Waals surface area contributed by atoms with Gasteiger partial charge in [-0.2, -0.15) is 0 Å². The van der Waals surface area contributed by atoms with E-state index in [0.717, 1.165) is 49.0 Å². The van der Waals surface area contributed by atoms with Gasteiger partial charge in [-0.25, -0.2) is 0 Å². The minimum atomic E-state index is -2.59. The zero-order valence-corrected chi connectivity index (χ0v) is 23.1. The molecule has 2 heterocycles. The Kier molecular flexibility index (Phi) is 8.85. The van der Waals surface area contributed by atoms with Crippen LogP contribution in [-0.4, -0.2) is 66.8 Å². The van der Waals surface area contributed by atoms with E-state index in [9.17, 15) is 19.5 Å². The standard InChI is InChI=1S/C29H40N2O5Si/c1-21-26(15-14-22-9-7-12-24(17-22)31(20-33)23-10-5-4-6-11-23)36-27(29(21)37(2,3)35)18-28(34)30-16-8-13-25(30)19-32/h4-7,9-12,17,20-21,25-27,29,32,35H,8,13-16,18-19H2,1-3H3/t21-,25+,26+,27-,29+/m1/s1. The van der Waals surface area contributed by atoms with Crippen LogP contribution < -0.4 is 4.90 Å². The number of nitrogens with zero attached hydrogens (tertiary/aromatic N) is 2. The molecule has 0 bridgehead atoms. The van der Waals surface area contributed by atoms with Crippen molar-refractivity contribution in [2.24, 2.45) is 5.92 Å². The SMILES string of the molecule is C[C@H]1[C@H]([Si](C)(C)O)[C@@H](CC(=O)N2CCC[C@H]2CO)O[C@H]1CCc1cccc(N(C=O)c2ccccc2)c1. The topological polar surface area (TPSA) is 90.3 Å². The van der Waals surface area contributed by atoms with Crippen molar-refractivity contribution < 1.29 is 24.2 Å². The first kappa shape index (κ1) is 27.5. The van der Waals surface area contributed by atoms with E-state index in [2.05, 4.69) is 13.0 Å². The Bertz CT molecular complexity index is 1060. The molecule has 200 valence electrons. The number of hydrogen-bond donors (Lipinski definition) is 2. The van der Waals surface area contributed by atoms with Crippen LogP contribution in [-0.2, 0) is 20.7 Å². The summed E-state index contributed by atoms with van der Waals surface area (Å²) < 4.78 is 6.50. The van der Waals surface area contributed by atoms with Gasteiger partial charge in [-0.1, -0.05) is 37.3 Å². The summed E-state index contributed by atoms with van der Waals surface area (Å²) >= 11 is 0. The van der Waals surface area contributed by atoms with E-state index in [1.54, 1.807) is 9.80 Å². The highest BCUT2D eigenvalue weighted by Crippen LogP contribution is 2.46. The molecule has 2 fully saturated rings. The molecule has 0 radical (unpaired) electrons. The molecule has 4 rings (SSSR count). The van der Waals surface area contributed by atoms with Crippen molar-refractivity contribution in [1.29, 1.82) is 0 Å². The van der Waals surface area contributed by atoms with Crippen LogP contribution in [0.15, 0.2) is 54.6 Å². The van der Waals surface area contributed by atoms with Crippen molar-refractivity contribution in [2.45, 2.75) is 75.9 Å². The molecule has 2 aliphatic heterocycles. The first-order valence-electron chi connectivity index (χ1n) is 13.4. The van der Waals surface area contributed by atoms with Crippen molar-refractivity contribution in [3.63, 3.8) is 0 Å². The summed E-state index contributed by atoms with van der Waals surface area (Å²) in [5, 5.41) is 9.64. The van der Waals surface area contributed by atoms with Crippen molar-refractivity contribution in [2.75, 3.05) is 18.1 Å². The van der Waals surface area contributed by atoms with Gasteiger partial charge in [-0.15, -0.1) is 0 Å². The molecule has 2 N–H and O–H groups in total. The second kappa shape index (κ2) is 11.9. The number of amides is 2. The molecule has 2 saturated heterocycles. The lowest BCUT2D eigenvalue weighted by Crippen LogP contribution is -2.43. The highest BCUT2D eigenvalue weighted by Gasteiger charge is 2.50. The van der Waals surface area contributed by atoms with Gasteiger partial charge in [-0.05, 0) is 74.5 Å². The summed E-state index contributed by atoms with van der Waals surface area (Å²) in [4.78, 5) is 39.5. The summed E-state index contributed by atoms with van der Waals surface area (Å²) in [6, 6.07) is 17.4. The molecule has 2 aliphatic rings. The van der Waals surface area contributed by atoms with Crippen molar-refractivity contribution >= 4 is 32.0 Å². The molecule has 0 spiro atoms. The molecule has 2 aromatic carbocycles. The van der Waals surface area contributed by atoms with Gasteiger partial charge >= 0.3 is 0 Å². The fraction of sp³-hybridized carbons (Fsp3) is 0.517. The van der Waals surface area contributed by atoms with Gasteiger partial charge in [0.1, 0.15) is 0 Å². The molecule has 5 atom stereocenters. The van der Waals surface area contributed by atoms with Crippen LogP contribution in [0.2, 0.25) is 18.6 Å². The summed E-state index contributed by atoms with van der Waals surface area (Å²) in [6.07, 6.45) is 3.99. The summed E-state index contributed by atoms with van der Waals surface area (Å²) in [7, 11) is -2.59. The minimum absolute atomic E-state index is 0.00910. The van der Waals surface area contributed by atoms with Crippen LogP contribution in [0.4, 0.5) is 11.4 Å². The number of aliphatic hydroxyl groups is 1. The summed E-state index contributed by atoms with van der Waals surface area (Å²) in [5.41, 5.74) is 2.70. The molecule has 37 heavy (non-hydrogen) atoms. The Balaban J connectivity index is 1.44. The van der Waals surface area contributed by atoms with E-state index in [1.807, 2.05) is 61.6 Å². The van der Waals surface area contributed by atoms with Gasteiger partial charge in [0.2, 0.25) is 12.3 Å². The van der Waals surface area contributed by atoms with E-state index in [4.69, 9.17) is 4.74 Å². The van der Waals surface area contributed by atoms with E-state index in [1.165, 1.54) is 0 Å². The summed E-state index contributed by atoms with van der Waals surface area (Å²) in [5.74, 6) is 0.149. The molecule has 8 heteroatoms. The maximum absolute atomic E-state index is 13.1. The third-order valence-corrected chi connectivity index (χ3v) is 10.6. The largest absolute Gasteiger partial charge is 0.432 e. The highest BCUT2D eigenvalue weighted by molar-refractivity contribution is 6.71. The number of anilines is 2. The lowest BCUT2D eigenvalue weighted by molar-refractivity contribution is -0.135. The van der Waals surface area contributed by atoms with Gasteiger partial charge in [0.25, 0.3) is 0 Å². The molecule has 7 nitrogen and oxygen atoms in total. The van der Waals surface area contributed by atoms with Crippen molar-refractivity contribution in [3.8, 4) is 0 Å². The highest BCUT2D eigenvalue weighted by atomic mass is 28.4. The first-order chi connectivity index (χ1) is 17.7. The van der Waals surface area contributed by atoms with Crippen LogP contribution in [0.25, 0.3) is 0 Å². The molecule has 0 unspecified atom stereocenters. The minimum Gasteiger partial charge on any atom is -0.432 e. The number of ether oxygens (including phenoxy) is 1. The Morgan fingerprint density at radius 1 is 1.14 bits per heavy atom. The molecule has 0 saturated carbocycles. The molecule has 2 amide bonds. The normalized spacial score (nSPS) is 25.9. The molecular formula is C29H40N2O5Si. The van der Waals surface area contributed by atoms with E-state index in [0.29, 0.717) is 6.54 Å². The van der Waals surface area contributed by atoms with Crippen molar-refractivity contribution in [1.82, 2.24) is 4.90 Å². The van der Waals surface area contributed by atoms with E-state index >= 15 is 0 Å². The lowest BCUT2D eigenvalue weighted by atomic mass is 9.95. The summed E-state index contributed by atoms with van der Waals surface area (Å²) in [6.45, 7) is 6.68. The van der Waals surface area contributed by atoms with Gasteiger partial charge in [0, 0.05) is 23.5 Å². The number of aryl methyl sites for hydroxylation is 1. The number of para-hydroxylation sites is 1. The fourth-order valence-corrected chi connectivity index (χ4v) is 8.89.